The van der Waals surface area contributed by atoms with Crippen molar-refractivity contribution in [1.82, 2.24) is 0 Å². The summed E-state index contributed by atoms with van der Waals surface area (Å²) in [4.78, 5) is 13.7. The van der Waals surface area contributed by atoms with E-state index in [2.05, 4.69) is 40.8 Å². The summed E-state index contributed by atoms with van der Waals surface area (Å²) < 4.78 is 11.6. The van der Waals surface area contributed by atoms with E-state index in [0.717, 1.165) is 5.69 Å². The van der Waals surface area contributed by atoms with E-state index < -0.39 is 0 Å². The first kappa shape index (κ1) is 16.1. The molecule has 1 saturated carbocycles. The maximum atomic E-state index is 12.0. The lowest BCUT2D eigenvalue weighted by Crippen LogP contribution is -2.25. The average molecular weight is 415 g/mol. The van der Waals surface area contributed by atoms with E-state index in [0.29, 0.717) is 19.1 Å². The molecular weight excluding hydrogens is 393 g/mol. The van der Waals surface area contributed by atoms with Gasteiger partial charge in [-0.3, -0.25) is 4.90 Å². The van der Waals surface area contributed by atoms with Crippen LogP contribution in [0.25, 0.3) is 0 Å². The summed E-state index contributed by atoms with van der Waals surface area (Å²) in [7, 11) is 1.62. The van der Waals surface area contributed by atoms with E-state index in [1.807, 2.05) is 0 Å². The van der Waals surface area contributed by atoms with Crippen molar-refractivity contribution in [1.29, 1.82) is 0 Å². The van der Waals surface area contributed by atoms with E-state index >= 15 is 0 Å². The van der Waals surface area contributed by atoms with Crippen molar-refractivity contribution in [2.45, 2.75) is 44.1 Å². The number of cyclic esters (lactones) is 1. The van der Waals surface area contributed by atoms with Crippen LogP contribution in [-0.2, 0) is 9.47 Å². The fourth-order valence-corrected chi connectivity index (χ4v) is 4.37. The Labute approximate surface area is 145 Å². The van der Waals surface area contributed by atoms with Gasteiger partial charge in [0.2, 0.25) is 0 Å². The van der Waals surface area contributed by atoms with Gasteiger partial charge in [0.1, 0.15) is 6.10 Å². The number of methoxy groups -OCH3 is 1. The maximum Gasteiger partial charge on any atom is 0.414 e. The number of rotatable bonds is 4. The molecule has 1 atom stereocenters. The largest absolute Gasteiger partial charge is 0.441 e. The van der Waals surface area contributed by atoms with Gasteiger partial charge < -0.3 is 9.47 Å². The zero-order chi connectivity index (χ0) is 15.5. The summed E-state index contributed by atoms with van der Waals surface area (Å²) in [5, 5.41) is 0. The van der Waals surface area contributed by atoms with E-state index in [-0.39, 0.29) is 12.2 Å². The van der Waals surface area contributed by atoms with Crippen LogP contribution < -0.4 is 4.90 Å². The normalized spacial score (nSPS) is 22.9. The number of hydrogen-bond donors (Lipinski definition) is 0. The molecule has 3 rings (SSSR count). The molecule has 0 aromatic heterocycles. The summed E-state index contributed by atoms with van der Waals surface area (Å²) >= 11 is 2.40. The fraction of sp³-hybridized carbons (Fsp3) is 0.588. The zero-order valence-corrected chi connectivity index (χ0v) is 15.0. The minimum atomic E-state index is -0.275. The highest BCUT2D eigenvalue weighted by Gasteiger charge is 2.32. The number of benzene rings is 1. The first-order valence-electron chi connectivity index (χ1n) is 7.95. The van der Waals surface area contributed by atoms with Crippen molar-refractivity contribution >= 4 is 34.4 Å². The number of nitrogens with zero attached hydrogens (tertiary/aromatic N) is 1. The Hall–Kier alpha value is -0.820. The number of ether oxygens (including phenoxy) is 2. The van der Waals surface area contributed by atoms with Crippen LogP contribution in [0.2, 0.25) is 0 Å². The van der Waals surface area contributed by atoms with Crippen molar-refractivity contribution < 1.29 is 14.3 Å². The summed E-state index contributed by atoms with van der Waals surface area (Å²) in [6.07, 6.45) is 6.16. The van der Waals surface area contributed by atoms with Crippen LogP contribution in [0.1, 0.15) is 43.6 Å². The molecule has 5 heteroatoms. The number of hydrogen-bond acceptors (Lipinski definition) is 3. The van der Waals surface area contributed by atoms with Crippen molar-refractivity contribution in [3.8, 4) is 0 Å². The van der Waals surface area contributed by atoms with Crippen molar-refractivity contribution in [3.63, 3.8) is 0 Å². The predicted molar refractivity (Wildman–Crippen MR) is 94.5 cm³/mol. The van der Waals surface area contributed by atoms with E-state index in [4.69, 9.17) is 9.47 Å². The lowest BCUT2D eigenvalue weighted by molar-refractivity contribution is 0.0718. The molecule has 2 aliphatic rings. The molecule has 0 radical (unpaired) electrons. The Balaban J connectivity index is 1.75. The zero-order valence-electron chi connectivity index (χ0n) is 12.9. The molecule has 2 fully saturated rings. The number of carbonyl (C=O) groups excluding carboxylic acids is 1. The molecule has 1 amide bonds. The predicted octanol–water partition coefficient (Wildman–Crippen LogP) is 4.31. The number of halogens is 1. The van der Waals surface area contributed by atoms with Crippen molar-refractivity contribution in [3.05, 3.63) is 27.3 Å². The SMILES string of the molecule is COC[C@@H]1CN(c2ccc(C3CCCCC3)c(I)c2)C(=O)O1. The standard InChI is InChI=1S/C17H22INO3/c1-21-11-14-10-19(17(20)22-14)13-7-8-15(16(18)9-13)12-5-3-2-4-6-12/h7-9,12,14H,2-6,10-11H2,1H3/t14-/m0/s1. The highest BCUT2D eigenvalue weighted by atomic mass is 127. The molecule has 0 N–H and O–H groups in total. The molecule has 0 unspecified atom stereocenters. The lowest BCUT2D eigenvalue weighted by Gasteiger charge is -2.24. The fourth-order valence-electron chi connectivity index (χ4n) is 3.43. The monoisotopic (exact) mass is 415 g/mol. The highest BCUT2D eigenvalue weighted by molar-refractivity contribution is 14.1. The molecule has 22 heavy (non-hydrogen) atoms. The van der Waals surface area contributed by atoms with Crippen molar-refractivity contribution in [2.75, 3.05) is 25.2 Å². The van der Waals surface area contributed by atoms with Gasteiger partial charge in [0, 0.05) is 16.4 Å². The minimum Gasteiger partial charge on any atom is -0.441 e. The molecule has 1 aliphatic heterocycles. The molecule has 1 aromatic rings. The van der Waals surface area contributed by atoms with E-state index in [1.54, 1.807) is 12.0 Å². The molecule has 1 aliphatic carbocycles. The first-order chi connectivity index (χ1) is 10.7. The topological polar surface area (TPSA) is 38.8 Å². The first-order valence-corrected chi connectivity index (χ1v) is 9.03. The second-order valence-corrected chi connectivity index (χ2v) is 7.27. The molecule has 0 spiro atoms. The summed E-state index contributed by atoms with van der Waals surface area (Å²) in [6, 6.07) is 6.37. The van der Waals surface area contributed by atoms with E-state index in [9.17, 15) is 4.79 Å². The van der Waals surface area contributed by atoms with Crippen LogP contribution in [0.15, 0.2) is 18.2 Å². The molecular formula is C17H22INO3. The second kappa shape index (κ2) is 7.17. The molecule has 120 valence electrons. The third kappa shape index (κ3) is 3.40. The smallest absolute Gasteiger partial charge is 0.414 e. The van der Waals surface area contributed by atoms with Crippen molar-refractivity contribution in [2.24, 2.45) is 0 Å². The van der Waals surface area contributed by atoms with Crippen LogP contribution >= 0.6 is 22.6 Å². The Kier molecular flexibility index (Phi) is 5.23. The van der Waals surface area contributed by atoms with Gasteiger partial charge in [-0.1, -0.05) is 25.3 Å². The van der Waals surface area contributed by atoms with Crippen LogP contribution in [0.3, 0.4) is 0 Å². The van der Waals surface area contributed by atoms with Gasteiger partial charge in [0.05, 0.1) is 13.2 Å². The number of amides is 1. The minimum absolute atomic E-state index is 0.173. The average Bonchev–Trinajstić information content (AvgIpc) is 2.89. The molecule has 1 aromatic carbocycles. The molecule has 1 saturated heterocycles. The summed E-state index contributed by atoms with van der Waals surface area (Å²) in [5.41, 5.74) is 2.36. The van der Waals surface area contributed by atoms with Gasteiger partial charge in [-0.25, -0.2) is 4.79 Å². The second-order valence-electron chi connectivity index (χ2n) is 6.11. The molecule has 1 heterocycles. The van der Waals surface area contributed by atoms with Gasteiger partial charge in [0.15, 0.2) is 0 Å². The van der Waals surface area contributed by atoms with Gasteiger partial charge in [-0.2, -0.15) is 0 Å². The Morgan fingerprint density at radius 2 is 2.09 bits per heavy atom. The van der Waals surface area contributed by atoms with Gasteiger partial charge in [0.25, 0.3) is 0 Å². The summed E-state index contributed by atoms with van der Waals surface area (Å²) in [6.45, 7) is 1.00. The quantitative estimate of drug-likeness (QED) is 0.688. The van der Waals surface area contributed by atoms with Gasteiger partial charge in [-0.05, 0) is 59.0 Å². The maximum absolute atomic E-state index is 12.0. The van der Waals surface area contributed by atoms with E-state index in [1.165, 1.54) is 41.2 Å². The number of anilines is 1. The Morgan fingerprint density at radius 1 is 1.32 bits per heavy atom. The third-order valence-electron chi connectivity index (χ3n) is 4.57. The summed E-state index contributed by atoms with van der Waals surface area (Å²) in [5.74, 6) is 0.682. The highest BCUT2D eigenvalue weighted by Crippen LogP contribution is 2.36. The lowest BCUT2D eigenvalue weighted by atomic mass is 9.84. The number of carbonyl (C=O) groups is 1. The molecule has 0 bridgehead atoms. The van der Waals surface area contributed by atoms with Gasteiger partial charge >= 0.3 is 6.09 Å². The van der Waals surface area contributed by atoms with Gasteiger partial charge in [-0.15, -0.1) is 0 Å². The Bertz CT molecular complexity index is 543. The van der Waals surface area contributed by atoms with Crippen LogP contribution in [-0.4, -0.2) is 32.5 Å². The third-order valence-corrected chi connectivity index (χ3v) is 5.50. The van der Waals surface area contributed by atoms with Crippen LogP contribution in [0, 0.1) is 3.57 Å². The van der Waals surface area contributed by atoms with Crippen LogP contribution in [0.4, 0.5) is 10.5 Å². The molecule has 4 nitrogen and oxygen atoms in total. The Morgan fingerprint density at radius 3 is 2.77 bits per heavy atom. The van der Waals surface area contributed by atoms with Crippen LogP contribution in [0.5, 0.6) is 0 Å².